The quantitative estimate of drug-likeness (QED) is 0.649. The Labute approximate surface area is 212 Å². The van der Waals surface area contributed by atoms with Gasteiger partial charge in [0.2, 0.25) is 10.0 Å². The van der Waals surface area contributed by atoms with Crippen LogP contribution >= 0.6 is 11.6 Å². The Bertz CT molecular complexity index is 1190. The van der Waals surface area contributed by atoms with Crippen LogP contribution in [0, 0.1) is 5.41 Å². The molecule has 190 valence electrons. The number of amides is 1. The van der Waals surface area contributed by atoms with Crippen molar-refractivity contribution >= 4 is 39.2 Å². The molecule has 0 atom stereocenters. The summed E-state index contributed by atoms with van der Waals surface area (Å²) in [5.41, 5.74) is 2.86. The van der Waals surface area contributed by atoms with Gasteiger partial charge in [0.15, 0.2) is 5.82 Å². The van der Waals surface area contributed by atoms with E-state index in [1.165, 1.54) is 41.0 Å². The van der Waals surface area contributed by atoms with Crippen LogP contribution in [0.3, 0.4) is 0 Å². The van der Waals surface area contributed by atoms with Gasteiger partial charge < -0.3 is 9.80 Å². The fourth-order valence-electron chi connectivity index (χ4n) is 5.73. The van der Waals surface area contributed by atoms with Crippen LogP contribution in [0.2, 0.25) is 5.02 Å². The van der Waals surface area contributed by atoms with Crippen molar-refractivity contribution < 1.29 is 13.2 Å². The summed E-state index contributed by atoms with van der Waals surface area (Å²) in [4.78, 5) is 19.7. The number of rotatable bonds is 5. The van der Waals surface area contributed by atoms with Crippen molar-refractivity contribution in [2.75, 3.05) is 55.1 Å². The van der Waals surface area contributed by atoms with Crippen molar-refractivity contribution in [2.24, 2.45) is 5.41 Å². The van der Waals surface area contributed by atoms with Gasteiger partial charge in [-0.2, -0.15) is 4.68 Å². The minimum atomic E-state index is -3.43. The molecule has 3 fully saturated rings. The van der Waals surface area contributed by atoms with E-state index in [9.17, 15) is 13.2 Å². The molecule has 0 unspecified atom stereocenters. The van der Waals surface area contributed by atoms with Gasteiger partial charge in [0, 0.05) is 62.2 Å². The molecule has 3 saturated heterocycles. The Balaban J connectivity index is 1.18. The third-order valence-corrected chi connectivity index (χ3v) is 8.39. The Morgan fingerprint density at radius 3 is 2.51 bits per heavy atom. The highest BCUT2D eigenvalue weighted by atomic mass is 35.5. The summed E-state index contributed by atoms with van der Waals surface area (Å²) in [7, 11) is -3.43. The number of nitrogens with one attached hydrogen (secondary N) is 1. The van der Waals surface area contributed by atoms with Gasteiger partial charge in [-0.25, -0.2) is 13.2 Å². The first-order chi connectivity index (χ1) is 16.7. The number of hydrogen-bond donors (Lipinski definition) is 1. The molecule has 2 aromatic rings. The second kappa shape index (κ2) is 9.63. The van der Waals surface area contributed by atoms with Gasteiger partial charge >= 0.3 is 6.03 Å². The number of nitrogens with zero attached hydrogens (tertiary/aromatic N) is 5. The summed E-state index contributed by atoms with van der Waals surface area (Å²) in [6, 6.07) is 7.57. The minimum Gasteiger partial charge on any atom is -0.371 e. The zero-order valence-electron chi connectivity index (χ0n) is 20.1. The van der Waals surface area contributed by atoms with Crippen LogP contribution in [0.4, 0.5) is 16.3 Å². The molecule has 1 N–H and O–H groups in total. The average Bonchev–Trinajstić information content (AvgIpc) is 3.56. The molecule has 4 heterocycles. The molecule has 1 spiro atoms. The normalized spacial score (nSPS) is 20.6. The molecule has 1 aromatic heterocycles. The fourth-order valence-corrected chi connectivity index (χ4v) is 6.38. The van der Waals surface area contributed by atoms with Gasteiger partial charge in [0.25, 0.3) is 0 Å². The van der Waals surface area contributed by atoms with Crippen molar-refractivity contribution in [3.8, 4) is 0 Å². The molecular formula is C24H33ClN6O3S. The number of carbonyl (C=O) groups excluding carboxylic acids is 1. The third kappa shape index (κ3) is 5.59. The summed E-state index contributed by atoms with van der Waals surface area (Å²) >= 11 is 6.33. The summed E-state index contributed by atoms with van der Waals surface area (Å²) in [5, 5.41) is 4.87. The van der Waals surface area contributed by atoms with E-state index in [-0.39, 0.29) is 17.3 Å². The molecule has 0 radical (unpaired) electrons. The fraction of sp³-hybridized carbons (Fsp3) is 0.583. The molecule has 3 aliphatic rings. The van der Waals surface area contributed by atoms with E-state index in [1.54, 1.807) is 0 Å². The second-order valence-electron chi connectivity index (χ2n) is 10.2. The summed E-state index contributed by atoms with van der Waals surface area (Å²) in [6.07, 6.45) is 8.11. The molecule has 1 aromatic carbocycles. The number of hydrogen-bond acceptors (Lipinski definition) is 6. The molecule has 11 heteroatoms. The second-order valence-corrected chi connectivity index (χ2v) is 12.4. The highest BCUT2D eigenvalue weighted by molar-refractivity contribution is 7.92. The monoisotopic (exact) mass is 520 g/mol. The lowest BCUT2D eigenvalue weighted by atomic mass is 9.78. The van der Waals surface area contributed by atoms with Crippen molar-refractivity contribution in [2.45, 2.75) is 38.6 Å². The van der Waals surface area contributed by atoms with E-state index in [0.29, 0.717) is 13.1 Å². The summed E-state index contributed by atoms with van der Waals surface area (Å²) in [5.74, 6) is 0.149. The average molecular weight is 521 g/mol. The number of sulfonamides is 1. The van der Waals surface area contributed by atoms with Gasteiger partial charge in [-0.05, 0) is 61.8 Å². The van der Waals surface area contributed by atoms with E-state index in [2.05, 4.69) is 31.8 Å². The number of piperidine rings is 1. The number of likely N-dealkylation sites (tertiary alicyclic amines) is 2. The van der Waals surface area contributed by atoms with Crippen LogP contribution in [0.1, 0.15) is 37.7 Å². The Hall–Kier alpha value is -2.30. The van der Waals surface area contributed by atoms with Crippen LogP contribution in [-0.2, 0) is 16.6 Å². The van der Waals surface area contributed by atoms with Crippen molar-refractivity contribution in [3.05, 3.63) is 41.0 Å². The number of anilines is 2. The topological polar surface area (TPSA) is 90.8 Å². The van der Waals surface area contributed by atoms with E-state index >= 15 is 0 Å². The van der Waals surface area contributed by atoms with E-state index in [4.69, 9.17) is 11.6 Å². The summed E-state index contributed by atoms with van der Waals surface area (Å²) < 4.78 is 26.3. The first kappa shape index (κ1) is 24.4. The Morgan fingerprint density at radius 1 is 1.09 bits per heavy atom. The number of aromatic nitrogens is 2. The maximum absolute atomic E-state index is 12.9. The first-order valence-electron chi connectivity index (χ1n) is 12.3. The molecule has 1 amide bonds. The minimum absolute atomic E-state index is 0.149. The van der Waals surface area contributed by atoms with Gasteiger partial charge in [-0.3, -0.25) is 9.62 Å². The van der Waals surface area contributed by atoms with Gasteiger partial charge in [-0.1, -0.05) is 17.7 Å². The third-order valence-electron chi connectivity index (χ3n) is 7.58. The maximum atomic E-state index is 12.9. The van der Waals surface area contributed by atoms with Crippen LogP contribution in [-0.4, -0.2) is 79.6 Å². The van der Waals surface area contributed by atoms with E-state index in [0.717, 1.165) is 63.3 Å². The molecule has 3 aliphatic heterocycles. The zero-order chi connectivity index (χ0) is 24.6. The molecule has 5 rings (SSSR count). The molecule has 35 heavy (non-hydrogen) atoms. The smallest absolute Gasteiger partial charge is 0.344 e. The lowest BCUT2D eigenvalue weighted by Gasteiger charge is -2.39. The highest BCUT2D eigenvalue weighted by Crippen LogP contribution is 2.41. The number of carbonyl (C=O) groups is 1. The van der Waals surface area contributed by atoms with Gasteiger partial charge in [0.05, 0.1) is 6.26 Å². The molecule has 0 aliphatic carbocycles. The molecule has 0 bridgehead atoms. The van der Waals surface area contributed by atoms with Crippen LogP contribution in [0.15, 0.2) is 30.5 Å². The van der Waals surface area contributed by atoms with E-state index < -0.39 is 10.0 Å². The lowest BCUT2D eigenvalue weighted by Crippen LogP contribution is -2.45. The highest BCUT2D eigenvalue weighted by Gasteiger charge is 2.41. The number of halogens is 1. The SMILES string of the molecule is CS(=O)(=O)Nc1ccn(C(=O)N2CCC3(CCN(Cc4ccc(Cl)cc4N4CCCC4)C3)CC2)n1. The van der Waals surface area contributed by atoms with Crippen molar-refractivity contribution in [1.82, 2.24) is 19.6 Å². The van der Waals surface area contributed by atoms with Crippen LogP contribution < -0.4 is 9.62 Å². The predicted octanol–water partition coefficient (Wildman–Crippen LogP) is 3.46. The summed E-state index contributed by atoms with van der Waals surface area (Å²) in [6.45, 7) is 6.60. The first-order valence-corrected chi connectivity index (χ1v) is 14.6. The molecule has 0 saturated carbocycles. The van der Waals surface area contributed by atoms with Gasteiger partial charge in [0.1, 0.15) is 0 Å². The van der Waals surface area contributed by atoms with E-state index in [1.807, 2.05) is 11.0 Å². The maximum Gasteiger partial charge on any atom is 0.344 e. The van der Waals surface area contributed by atoms with Crippen molar-refractivity contribution in [1.29, 1.82) is 0 Å². The standard InChI is InChI=1S/C24H33ClN6O3S/c1-35(33,34)27-22-6-12-31(26-22)23(32)30-14-8-24(9-15-30)7-13-28(18-24)17-19-4-5-20(25)16-21(19)29-10-2-3-11-29/h4-6,12,16H,2-3,7-11,13-15,17-18H2,1H3,(H,26,27). The number of benzene rings is 1. The zero-order valence-corrected chi connectivity index (χ0v) is 21.7. The van der Waals surface area contributed by atoms with Crippen LogP contribution in [0.25, 0.3) is 0 Å². The lowest BCUT2D eigenvalue weighted by molar-refractivity contribution is 0.118. The molecule has 9 nitrogen and oxygen atoms in total. The Kier molecular flexibility index (Phi) is 6.71. The van der Waals surface area contributed by atoms with Gasteiger partial charge in [-0.15, -0.1) is 5.10 Å². The molecular weight excluding hydrogens is 488 g/mol. The van der Waals surface area contributed by atoms with Crippen molar-refractivity contribution in [3.63, 3.8) is 0 Å². The largest absolute Gasteiger partial charge is 0.371 e. The predicted molar refractivity (Wildman–Crippen MR) is 138 cm³/mol. The van der Waals surface area contributed by atoms with Crippen LogP contribution in [0.5, 0.6) is 0 Å². The Morgan fingerprint density at radius 2 is 1.80 bits per heavy atom.